The molecule has 2 aromatic carbocycles. The molecule has 0 atom stereocenters. The number of benzene rings is 2. The first-order valence-corrected chi connectivity index (χ1v) is 8.37. The molecule has 0 unspecified atom stereocenters. The van der Waals surface area contributed by atoms with Gasteiger partial charge in [-0.2, -0.15) is 0 Å². The number of aromatic nitrogens is 1. The number of pyridine rings is 1. The molecule has 0 saturated heterocycles. The normalized spacial score (nSPS) is 10.6. The number of carboxylic acids is 1. The van der Waals surface area contributed by atoms with Gasteiger partial charge in [-0.05, 0) is 11.6 Å². The minimum atomic E-state index is -1.32. The number of hydrogen-bond donors (Lipinski definition) is 3. The Labute approximate surface area is 162 Å². The molecule has 10 heteroatoms. The van der Waals surface area contributed by atoms with Crippen molar-refractivity contribution in [3.05, 3.63) is 80.1 Å². The van der Waals surface area contributed by atoms with Gasteiger partial charge in [0.1, 0.15) is 17.9 Å². The van der Waals surface area contributed by atoms with Gasteiger partial charge in [0.2, 0.25) is 0 Å². The predicted molar refractivity (Wildman–Crippen MR) is 102 cm³/mol. The fourth-order valence-corrected chi connectivity index (χ4v) is 2.91. The molecule has 0 aliphatic rings. The number of nitro benzene ring substituents is 1. The van der Waals surface area contributed by atoms with E-state index in [2.05, 4.69) is 0 Å². The van der Waals surface area contributed by atoms with E-state index in [0.29, 0.717) is 5.56 Å². The zero-order chi connectivity index (χ0) is 21.1. The minimum Gasteiger partial charge on any atom is -0.506 e. The van der Waals surface area contributed by atoms with Crippen molar-refractivity contribution in [3.8, 4) is 5.75 Å². The number of hydrogen-bond acceptors (Lipinski definition) is 6. The molecule has 148 valence electrons. The Bertz CT molecular complexity index is 1190. The van der Waals surface area contributed by atoms with E-state index >= 15 is 0 Å². The number of nitro groups is 1. The van der Waals surface area contributed by atoms with Gasteiger partial charge in [0.05, 0.1) is 17.0 Å². The van der Waals surface area contributed by atoms with Gasteiger partial charge < -0.3 is 20.1 Å². The van der Waals surface area contributed by atoms with Crippen LogP contribution >= 0.6 is 0 Å². The van der Waals surface area contributed by atoms with Crippen molar-refractivity contribution in [1.82, 2.24) is 9.88 Å². The van der Waals surface area contributed by atoms with Crippen LogP contribution in [-0.4, -0.2) is 38.1 Å². The maximum Gasteiger partial charge on any atom is 0.322 e. The Balaban J connectivity index is 2.26. The fourth-order valence-electron chi connectivity index (χ4n) is 2.91. The molecule has 3 N–H and O–H groups in total. The number of carboxylic acid groups (broad SMARTS) is 1. The minimum absolute atomic E-state index is 0.0170. The number of aliphatic carboxylic acids is 1. The number of amides is 1. The van der Waals surface area contributed by atoms with Crippen LogP contribution in [0, 0.1) is 10.1 Å². The third-order valence-electron chi connectivity index (χ3n) is 4.24. The first-order chi connectivity index (χ1) is 13.8. The van der Waals surface area contributed by atoms with Crippen molar-refractivity contribution in [2.45, 2.75) is 6.54 Å². The fraction of sp³-hybridized carbons (Fsp3) is 0.105. The van der Waals surface area contributed by atoms with E-state index in [1.807, 2.05) is 5.32 Å². The number of rotatable bonds is 6. The van der Waals surface area contributed by atoms with Crippen LogP contribution in [0.2, 0.25) is 0 Å². The number of nitrogens with zero attached hydrogens (tertiary/aromatic N) is 2. The third kappa shape index (κ3) is 3.90. The van der Waals surface area contributed by atoms with E-state index in [0.717, 1.165) is 16.7 Å². The maximum atomic E-state index is 13.0. The van der Waals surface area contributed by atoms with Crippen LogP contribution < -0.4 is 10.9 Å². The van der Waals surface area contributed by atoms with Crippen molar-refractivity contribution in [2.75, 3.05) is 6.54 Å². The molecule has 1 aromatic heterocycles. The van der Waals surface area contributed by atoms with Crippen LogP contribution in [0.15, 0.2) is 53.3 Å². The van der Waals surface area contributed by atoms with Crippen LogP contribution in [0.5, 0.6) is 5.75 Å². The molecule has 1 heterocycles. The SMILES string of the molecule is O=C(O)CNC(=O)c1c(O)c2ccc([N+](=O)[O-])cc2n(Cc2ccccc2)c1=O. The number of carbonyl (C=O) groups excluding carboxylic acids is 1. The number of aromatic hydroxyl groups is 1. The summed E-state index contributed by atoms with van der Waals surface area (Å²) in [6.07, 6.45) is 0. The molecule has 0 saturated carbocycles. The van der Waals surface area contributed by atoms with E-state index in [1.165, 1.54) is 6.07 Å². The second kappa shape index (κ2) is 7.80. The lowest BCUT2D eigenvalue weighted by Crippen LogP contribution is -2.36. The Morgan fingerprint density at radius 1 is 1.14 bits per heavy atom. The molecule has 1 amide bonds. The summed E-state index contributed by atoms with van der Waals surface area (Å²) < 4.78 is 1.13. The summed E-state index contributed by atoms with van der Waals surface area (Å²) >= 11 is 0. The number of non-ortho nitro benzene ring substituents is 1. The van der Waals surface area contributed by atoms with Gasteiger partial charge in [-0.3, -0.25) is 24.5 Å². The van der Waals surface area contributed by atoms with Gasteiger partial charge in [-0.25, -0.2) is 0 Å². The van der Waals surface area contributed by atoms with Gasteiger partial charge >= 0.3 is 5.97 Å². The molecule has 0 spiro atoms. The van der Waals surface area contributed by atoms with Crippen LogP contribution in [0.3, 0.4) is 0 Å². The molecule has 3 aromatic rings. The Kier molecular flexibility index (Phi) is 5.26. The highest BCUT2D eigenvalue weighted by molar-refractivity contribution is 6.03. The van der Waals surface area contributed by atoms with E-state index in [-0.39, 0.29) is 23.1 Å². The van der Waals surface area contributed by atoms with Gasteiger partial charge in [-0.1, -0.05) is 30.3 Å². The lowest BCUT2D eigenvalue weighted by Gasteiger charge is -2.15. The zero-order valence-corrected chi connectivity index (χ0v) is 14.9. The van der Waals surface area contributed by atoms with Crippen molar-refractivity contribution in [1.29, 1.82) is 0 Å². The maximum absolute atomic E-state index is 13.0. The molecule has 0 aliphatic heterocycles. The third-order valence-corrected chi connectivity index (χ3v) is 4.24. The average Bonchev–Trinajstić information content (AvgIpc) is 2.70. The molecule has 0 radical (unpaired) electrons. The first-order valence-electron chi connectivity index (χ1n) is 8.37. The van der Waals surface area contributed by atoms with Crippen LogP contribution in [-0.2, 0) is 11.3 Å². The van der Waals surface area contributed by atoms with Gasteiger partial charge in [0, 0.05) is 17.5 Å². The molecule has 10 nitrogen and oxygen atoms in total. The summed E-state index contributed by atoms with van der Waals surface area (Å²) in [5.74, 6) is -3.05. The number of fused-ring (bicyclic) bond motifs is 1. The quantitative estimate of drug-likeness (QED) is 0.421. The van der Waals surface area contributed by atoms with Crippen molar-refractivity contribution in [2.24, 2.45) is 0 Å². The highest BCUT2D eigenvalue weighted by Crippen LogP contribution is 2.29. The van der Waals surface area contributed by atoms with Gasteiger partial charge in [-0.15, -0.1) is 0 Å². The van der Waals surface area contributed by atoms with E-state index in [4.69, 9.17) is 5.11 Å². The van der Waals surface area contributed by atoms with Gasteiger partial charge in [0.15, 0.2) is 0 Å². The highest BCUT2D eigenvalue weighted by atomic mass is 16.6. The smallest absolute Gasteiger partial charge is 0.322 e. The average molecular weight is 397 g/mol. The molecule has 0 aliphatic carbocycles. The van der Waals surface area contributed by atoms with Crippen LogP contribution in [0.1, 0.15) is 15.9 Å². The zero-order valence-electron chi connectivity index (χ0n) is 14.9. The summed E-state index contributed by atoms with van der Waals surface area (Å²) in [5, 5.41) is 32.5. The van der Waals surface area contributed by atoms with Crippen molar-refractivity contribution in [3.63, 3.8) is 0 Å². The molecule has 0 bridgehead atoms. The molecular formula is C19H15N3O7. The highest BCUT2D eigenvalue weighted by Gasteiger charge is 2.24. The van der Waals surface area contributed by atoms with Crippen molar-refractivity contribution < 1.29 is 24.7 Å². The lowest BCUT2D eigenvalue weighted by molar-refractivity contribution is -0.384. The predicted octanol–water partition coefficient (Wildman–Crippen LogP) is 1.48. The van der Waals surface area contributed by atoms with E-state index < -0.39 is 40.2 Å². The van der Waals surface area contributed by atoms with E-state index in [9.17, 15) is 29.6 Å². The van der Waals surface area contributed by atoms with Crippen molar-refractivity contribution >= 4 is 28.5 Å². The topological polar surface area (TPSA) is 152 Å². The second-order valence-electron chi connectivity index (χ2n) is 6.14. The summed E-state index contributed by atoms with van der Waals surface area (Å²) in [5.41, 5.74) is -1.07. The molecule has 0 fully saturated rings. The second-order valence-corrected chi connectivity index (χ2v) is 6.14. The van der Waals surface area contributed by atoms with Gasteiger partial charge in [0.25, 0.3) is 17.2 Å². The summed E-state index contributed by atoms with van der Waals surface area (Å²) in [7, 11) is 0. The summed E-state index contributed by atoms with van der Waals surface area (Å²) in [6.45, 7) is -0.758. The largest absolute Gasteiger partial charge is 0.506 e. The monoisotopic (exact) mass is 397 g/mol. The van der Waals surface area contributed by atoms with Crippen LogP contribution in [0.4, 0.5) is 5.69 Å². The summed E-state index contributed by atoms with van der Waals surface area (Å²) in [6, 6.07) is 12.2. The Hall–Kier alpha value is -4.21. The van der Waals surface area contributed by atoms with Crippen LogP contribution in [0.25, 0.3) is 10.9 Å². The standard InChI is InChI=1S/C19H15N3O7/c23-15(24)9-20-18(26)16-17(25)13-7-6-12(22(28)29)8-14(13)21(19(16)27)10-11-4-2-1-3-5-11/h1-8,25H,9-10H2,(H,20,26)(H,23,24). The molecule has 29 heavy (non-hydrogen) atoms. The Morgan fingerprint density at radius 3 is 2.45 bits per heavy atom. The molecule has 3 rings (SSSR count). The Morgan fingerprint density at radius 2 is 1.83 bits per heavy atom. The van der Waals surface area contributed by atoms with E-state index in [1.54, 1.807) is 30.3 Å². The lowest BCUT2D eigenvalue weighted by atomic mass is 10.1. The first kappa shape index (κ1) is 19.5. The number of nitrogens with one attached hydrogen (secondary N) is 1. The number of carbonyl (C=O) groups is 2. The molecular weight excluding hydrogens is 382 g/mol. The summed E-state index contributed by atoms with van der Waals surface area (Å²) in [4.78, 5) is 46.6.